The molecular weight excluding hydrogens is 300 g/mol. The number of hydrogen-bond acceptors (Lipinski definition) is 3. The van der Waals surface area contributed by atoms with Crippen LogP contribution in [0.1, 0.15) is 27.5 Å². The average molecular weight is 320 g/mol. The molecule has 3 aromatic rings. The lowest BCUT2D eigenvalue weighted by Crippen LogP contribution is -2.31. The number of carbonyl (C=O) groups is 1. The Balaban J connectivity index is 1.94. The molecule has 0 saturated heterocycles. The van der Waals surface area contributed by atoms with Crippen molar-refractivity contribution in [3.8, 4) is 0 Å². The first kappa shape index (κ1) is 16.0. The Labute approximate surface area is 140 Å². The minimum atomic E-state index is -0.482. The Hall–Kier alpha value is -2.85. The van der Waals surface area contributed by atoms with Crippen LogP contribution in [0.3, 0.4) is 0 Å². The van der Waals surface area contributed by atoms with Crippen LogP contribution < -0.4 is 11.1 Å². The zero-order valence-electron chi connectivity index (χ0n) is 13.5. The van der Waals surface area contributed by atoms with E-state index in [1.165, 1.54) is 0 Å². The maximum absolute atomic E-state index is 12.6. The van der Waals surface area contributed by atoms with Crippen LogP contribution in [0, 0.1) is 6.92 Å². The summed E-state index contributed by atoms with van der Waals surface area (Å²) in [5.41, 5.74) is 8.58. The Kier molecular flexibility index (Phi) is 4.49. The molecule has 122 valence electrons. The molecule has 0 bridgehead atoms. The summed E-state index contributed by atoms with van der Waals surface area (Å²) in [5.74, 6) is -0.244. The predicted octanol–water partition coefficient (Wildman–Crippen LogP) is 3.19. The Morgan fingerprint density at radius 3 is 2.67 bits per heavy atom. The van der Waals surface area contributed by atoms with Crippen molar-refractivity contribution in [2.45, 2.75) is 13.0 Å². The maximum atomic E-state index is 12.6. The van der Waals surface area contributed by atoms with Gasteiger partial charge >= 0.3 is 0 Å². The zero-order chi connectivity index (χ0) is 17.1. The fraction of sp³-hybridized carbons (Fsp3) is 0.150. The molecule has 0 aliphatic rings. The normalized spacial score (nSPS) is 12.1. The topological polar surface area (TPSA) is 75.4 Å². The molecule has 1 unspecified atom stereocenters. The number of carbonyl (C=O) groups excluding carboxylic acids is 1. The third-order valence-corrected chi connectivity index (χ3v) is 4.19. The van der Waals surface area contributed by atoms with E-state index in [4.69, 9.17) is 5.73 Å². The quantitative estimate of drug-likeness (QED) is 0.646. The number of nitrogens with one attached hydrogen (secondary N) is 1. The summed E-state index contributed by atoms with van der Waals surface area (Å²) in [6, 6.07) is 18.5. The molecular formula is C20H20N2O2. The predicted molar refractivity (Wildman–Crippen MR) is 96.8 cm³/mol. The lowest BCUT2D eigenvalue weighted by molar-refractivity contribution is 0.0916. The third kappa shape index (κ3) is 3.09. The Bertz CT molecular complexity index is 884. The van der Waals surface area contributed by atoms with Crippen LogP contribution in [0.25, 0.3) is 10.8 Å². The molecule has 3 rings (SSSR count). The molecule has 0 radical (unpaired) electrons. The molecule has 0 aliphatic heterocycles. The van der Waals surface area contributed by atoms with Crippen molar-refractivity contribution in [1.82, 2.24) is 5.32 Å². The molecule has 1 amide bonds. The van der Waals surface area contributed by atoms with Crippen molar-refractivity contribution >= 4 is 22.4 Å². The molecule has 1 atom stereocenters. The molecule has 24 heavy (non-hydrogen) atoms. The van der Waals surface area contributed by atoms with E-state index in [1.54, 1.807) is 12.1 Å². The van der Waals surface area contributed by atoms with Gasteiger partial charge in [-0.1, -0.05) is 48.5 Å². The van der Waals surface area contributed by atoms with Crippen molar-refractivity contribution < 1.29 is 9.90 Å². The highest BCUT2D eigenvalue weighted by Gasteiger charge is 2.18. The van der Waals surface area contributed by atoms with Crippen molar-refractivity contribution in [3.63, 3.8) is 0 Å². The van der Waals surface area contributed by atoms with E-state index in [2.05, 4.69) is 5.32 Å². The Morgan fingerprint density at radius 1 is 1.12 bits per heavy atom. The van der Waals surface area contributed by atoms with Crippen LogP contribution >= 0.6 is 0 Å². The third-order valence-electron chi connectivity index (χ3n) is 4.19. The van der Waals surface area contributed by atoms with E-state index >= 15 is 0 Å². The first-order valence-corrected chi connectivity index (χ1v) is 7.85. The number of aliphatic hydroxyl groups is 1. The van der Waals surface area contributed by atoms with Crippen LogP contribution in [0.5, 0.6) is 0 Å². The van der Waals surface area contributed by atoms with Gasteiger partial charge in [-0.15, -0.1) is 0 Å². The first-order chi connectivity index (χ1) is 11.6. The summed E-state index contributed by atoms with van der Waals surface area (Å²) >= 11 is 0. The molecule has 0 spiro atoms. The van der Waals surface area contributed by atoms with Crippen LogP contribution in [-0.4, -0.2) is 17.6 Å². The summed E-state index contributed by atoms with van der Waals surface area (Å²) in [4.78, 5) is 12.6. The van der Waals surface area contributed by atoms with Gasteiger partial charge in [-0.05, 0) is 41.0 Å². The smallest absolute Gasteiger partial charge is 0.252 e. The number of fused-ring (bicyclic) bond motifs is 1. The van der Waals surface area contributed by atoms with Gasteiger partial charge in [0.05, 0.1) is 12.6 Å². The minimum absolute atomic E-state index is 0.179. The first-order valence-electron chi connectivity index (χ1n) is 7.85. The minimum Gasteiger partial charge on any atom is -0.399 e. The lowest BCUT2D eigenvalue weighted by atomic mass is 9.98. The number of amides is 1. The van der Waals surface area contributed by atoms with Crippen molar-refractivity contribution in [3.05, 3.63) is 77.4 Å². The van der Waals surface area contributed by atoms with Crippen molar-refractivity contribution in [2.75, 3.05) is 12.3 Å². The maximum Gasteiger partial charge on any atom is 0.252 e. The molecule has 4 nitrogen and oxygen atoms in total. The number of anilines is 1. The van der Waals surface area contributed by atoms with Gasteiger partial charge in [-0.2, -0.15) is 0 Å². The SMILES string of the molecule is Cc1ccc(N)cc1C(=O)NC(CO)c1cccc2ccccc12. The van der Waals surface area contributed by atoms with Gasteiger partial charge in [0.2, 0.25) is 0 Å². The zero-order valence-corrected chi connectivity index (χ0v) is 13.5. The standard InChI is InChI=1S/C20H20N2O2/c1-13-9-10-15(21)11-18(13)20(24)22-19(12-23)17-8-4-6-14-5-2-3-7-16(14)17/h2-11,19,23H,12,21H2,1H3,(H,22,24). The van der Waals surface area contributed by atoms with Gasteiger partial charge in [0.25, 0.3) is 5.91 Å². The number of aliphatic hydroxyl groups excluding tert-OH is 1. The second-order valence-corrected chi connectivity index (χ2v) is 5.85. The van der Waals surface area contributed by atoms with Crippen LogP contribution in [0.2, 0.25) is 0 Å². The molecule has 4 N–H and O–H groups in total. The van der Waals surface area contributed by atoms with Crippen LogP contribution in [0.15, 0.2) is 60.7 Å². The molecule has 0 saturated carbocycles. The summed E-state index contributed by atoms with van der Waals surface area (Å²) in [6.45, 7) is 1.68. The average Bonchev–Trinajstić information content (AvgIpc) is 2.61. The fourth-order valence-electron chi connectivity index (χ4n) is 2.90. The van der Waals surface area contributed by atoms with E-state index in [-0.39, 0.29) is 12.5 Å². The number of nitrogens with two attached hydrogens (primary N) is 1. The fourth-order valence-corrected chi connectivity index (χ4v) is 2.90. The van der Waals surface area contributed by atoms with Crippen LogP contribution in [-0.2, 0) is 0 Å². The molecule has 0 fully saturated rings. The van der Waals surface area contributed by atoms with Gasteiger partial charge in [-0.3, -0.25) is 4.79 Å². The number of aryl methyl sites for hydroxylation is 1. The molecule has 3 aromatic carbocycles. The summed E-state index contributed by atoms with van der Waals surface area (Å²) in [6.07, 6.45) is 0. The number of hydrogen-bond donors (Lipinski definition) is 3. The second-order valence-electron chi connectivity index (χ2n) is 5.85. The highest BCUT2D eigenvalue weighted by molar-refractivity contribution is 5.97. The van der Waals surface area contributed by atoms with Gasteiger partial charge in [0, 0.05) is 11.3 Å². The van der Waals surface area contributed by atoms with Crippen LogP contribution in [0.4, 0.5) is 5.69 Å². The number of benzene rings is 3. The summed E-state index contributed by atoms with van der Waals surface area (Å²) in [7, 11) is 0. The largest absolute Gasteiger partial charge is 0.399 e. The van der Waals surface area contributed by atoms with Crippen molar-refractivity contribution in [2.24, 2.45) is 0 Å². The highest BCUT2D eigenvalue weighted by atomic mass is 16.3. The molecule has 0 aromatic heterocycles. The lowest BCUT2D eigenvalue weighted by Gasteiger charge is -2.19. The van der Waals surface area contributed by atoms with Gasteiger partial charge in [0.15, 0.2) is 0 Å². The van der Waals surface area contributed by atoms with E-state index in [0.29, 0.717) is 11.3 Å². The number of rotatable bonds is 4. The Morgan fingerprint density at radius 2 is 1.88 bits per heavy atom. The summed E-state index contributed by atoms with van der Waals surface area (Å²) in [5, 5.41) is 14.8. The molecule has 0 heterocycles. The monoisotopic (exact) mass is 320 g/mol. The van der Waals surface area contributed by atoms with Gasteiger partial charge in [0.1, 0.15) is 0 Å². The van der Waals surface area contributed by atoms with E-state index in [1.807, 2.05) is 55.5 Å². The number of nitrogen functional groups attached to an aromatic ring is 1. The van der Waals surface area contributed by atoms with E-state index in [0.717, 1.165) is 21.9 Å². The molecule has 0 aliphatic carbocycles. The van der Waals surface area contributed by atoms with E-state index < -0.39 is 6.04 Å². The highest BCUT2D eigenvalue weighted by Crippen LogP contribution is 2.25. The second kappa shape index (κ2) is 6.72. The van der Waals surface area contributed by atoms with Gasteiger partial charge < -0.3 is 16.2 Å². The summed E-state index contributed by atoms with van der Waals surface area (Å²) < 4.78 is 0. The van der Waals surface area contributed by atoms with E-state index in [9.17, 15) is 9.90 Å². The van der Waals surface area contributed by atoms with Crippen molar-refractivity contribution in [1.29, 1.82) is 0 Å². The molecule has 4 heteroatoms. The van der Waals surface area contributed by atoms with Gasteiger partial charge in [-0.25, -0.2) is 0 Å².